The molecule has 0 atom stereocenters. The van der Waals surface area contributed by atoms with Crippen molar-refractivity contribution in [3.63, 3.8) is 0 Å². The number of anilines is 1. The SMILES string of the molecule is O=C(CCC(=O)Nc1cccc(Cl)c1)N/N=C\c1ccc(Cl)cc1. The van der Waals surface area contributed by atoms with Crippen molar-refractivity contribution in [2.24, 2.45) is 5.10 Å². The van der Waals surface area contributed by atoms with Gasteiger partial charge >= 0.3 is 0 Å². The highest BCUT2D eigenvalue weighted by Crippen LogP contribution is 2.15. The van der Waals surface area contributed by atoms with Crippen molar-refractivity contribution in [3.05, 3.63) is 64.1 Å². The molecule has 2 aromatic rings. The molecule has 0 unspecified atom stereocenters. The molecule has 2 rings (SSSR count). The van der Waals surface area contributed by atoms with Crippen molar-refractivity contribution in [2.45, 2.75) is 12.8 Å². The van der Waals surface area contributed by atoms with E-state index < -0.39 is 0 Å². The normalized spacial score (nSPS) is 10.6. The summed E-state index contributed by atoms with van der Waals surface area (Å²) in [4.78, 5) is 23.4. The number of rotatable bonds is 6. The van der Waals surface area contributed by atoms with E-state index in [1.165, 1.54) is 6.21 Å². The number of hydrazone groups is 1. The Morgan fingerprint density at radius 1 is 0.958 bits per heavy atom. The molecule has 2 N–H and O–H groups in total. The molecule has 0 aliphatic heterocycles. The van der Waals surface area contributed by atoms with Crippen LogP contribution in [-0.4, -0.2) is 18.0 Å². The van der Waals surface area contributed by atoms with E-state index in [0.29, 0.717) is 15.7 Å². The molecule has 0 aliphatic rings. The van der Waals surface area contributed by atoms with Crippen LogP contribution in [-0.2, 0) is 9.59 Å². The van der Waals surface area contributed by atoms with Gasteiger partial charge in [0.25, 0.3) is 0 Å². The van der Waals surface area contributed by atoms with Gasteiger partial charge in [-0.05, 0) is 35.9 Å². The molecule has 24 heavy (non-hydrogen) atoms. The Hall–Kier alpha value is -2.37. The van der Waals surface area contributed by atoms with Gasteiger partial charge in [0, 0.05) is 28.6 Å². The number of hydrogen-bond acceptors (Lipinski definition) is 3. The fraction of sp³-hybridized carbons (Fsp3) is 0.118. The maximum absolute atomic E-state index is 11.8. The summed E-state index contributed by atoms with van der Waals surface area (Å²) in [5.41, 5.74) is 3.77. The molecule has 0 aliphatic carbocycles. The van der Waals surface area contributed by atoms with E-state index in [9.17, 15) is 9.59 Å². The first-order valence-electron chi connectivity index (χ1n) is 7.16. The third-order valence-corrected chi connectivity index (χ3v) is 3.45. The summed E-state index contributed by atoms with van der Waals surface area (Å²) in [6, 6.07) is 13.8. The van der Waals surface area contributed by atoms with Gasteiger partial charge < -0.3 is 5.32 Å². The smallest absolute Gasteiger partial charge is 0.240 e. The van der Waals surface area contributed by atoms with Crippen LogP contribution in [0.5, 0.6) is 0 Å². The van der Waals surface area contributed by atoms with E-state index >= 15 is 0 Å². The molecular weight excluding hydrogens is 349 g/mol. The molecule has 0 radical (unpaired) electrons. The Kier molecular flexibility index (Phi) is 6.78. The van der Waals surface area contributed by atoms with Crippen molar-refractivity contribution < 1.29 is 9.59 Å². The van der Waals surface area contributed by atoms with Gasteiger partial charge in [-0.15, -0.1) is 0 Å². The van der Waals surface area contributed by atoms with Gasteiger partial charge in [0.1, 0.15) is 0 Å². The summed E-state index contributed by atoms with van der Waals surface area (Å²) >= 11 is 11.6. The summed E-state index contributed by atoms with van der Waals surface area (Å²) in [7, 11) is 0. The Morgan fingerprint density at radius 3 is 2.38 bits per heavy atom. The first kappa shape index (κ1) is 18.0. The molecule has 0 bridgehead atoms. The van der Waals surface area contributed by atoms with E-state index in [1.807, 2.05) is 0 Å². The summed E-state index contributed by atoms with van der Waals surface area (Å²) < 4.78 is 0. The maximum Gasteiger partial charge on any atom is 0.240 e. The van der Waals surface area contributed by atoms with Crippen LogP contribution in [0.4, 0.5) is 5.69 Å². The zero-order chi connectivity index (χ0) is 17.4. The molecule has 0 spiro atoms. The lowest BCUT2D eigenvalue weighted by molar-refractivity contribution is -0.124. The summed E-state index contributed by atoms with van der Waals surface area (Å²) in [6.45, 7) is 0. The molecule has 5 nitrogen and oxygen atoms in total. The van der Waals surface area contributed by atoms with Crippen LogP contribution >= 0.6 is 23.2 Å². The summed E-state index contributed by atoms with van der Waals surface area (Å²) in [6.07, 6.45) is 1.58. The highest BCUT2D eigenvalue weighted by atomic mass is 35.5. The third kappa shape index (κ3) is 6.40. The van der Waals surface area contributed by atoms with E-state index in [0.717, 1.165) is 5.56 Å². The largest absolute Gasteiger partial charge is 0.326 e. The fourth-order valence-electron chi connectivity index (χ4n) is 1.80. The minimum Gasteiger partial charge on any atom is -0.326 e. The number of benzene rings is 2. The average molecular weight is 364 g/mol. The van der Waals surface area contributed by atoms with Crippen LogP contribution in [0, 0.1) is 0 Å². The standard InChI is InChI=1S/C17H15Cl2N3O2/c18-13-6-4-12(5-7-13)11-20-22-17(24)9-8-16(23)21-15-3-1-2-14(19)10-15/h1-7,10-11H,8-9H2,(H,21,23)(H,22,24)/b20-11-. The van der Waals surface area contributed by atoms with E-state index in [1.54, 1.807) is 48.5 Å². The second kappa shape index (κ2) is 9.05. The van der Waals surface area contributed by atoms with Gasteiger partial charge in [0.2, 0.25) is 11.8 Å². The molecule has 0 fully saturated rings. The minimum absolute atomic E-state index is 0.0321. The number of amides is 2. The number of nitrogens with one attached hydrogen (secondary N) is 2. The van der Waals surface area contributed by atoms with Crippen LogP contribution in [0.3, 0.4) is 0 Å². The van der Waals surface area contributed by atoms with E-state index in [2.05, 4.69) is 15.8 Å². The minimum atomic E-state index is -0.346. The molecule has 0 saturated heterocycles. The topological polar surface area (TPSA) is 70.6 Å². The predicted molar refractivity (Wildman–Crippen MR) is 96.5 cm³/mol. The monoisotopic (exact) mass is 363 g/mol. The van der Waals surface area contributed by atoms with Crippen molar-refractivity contribution in [2.75, 3.05) is 5.32 Å². The van der Waals surface area contributed by atoms with Crippen LogP contribution in [0.15, 0.2) is 53.6 Å². The second-order valence-corrected chi connectivity index (χ2v) is 5.78. The van der Waals surface area contributed by atoms with E-state index in [-0.39, 0.29) is 24.7 Å². The number of carbonyl (C=O) groups is 2. The lowest BCUT2D eigenvalue weighted by atomic mass is 10.2. The first-order chi connectivity index (χ1) is 11.5. The quantitative estimate of drug-likeness (QED) is 0.604. The summed E-state index contributed by atoms with van der Waals surface area (Å²) in [5, 5.41) is 7.66. The number of nitrogens with zero attached hydrogens (tertiary/aromatic N) is 1. The predicted octanol–water partition coefficient (Wildman–Crippen LogP) is 3.86. The average Bonchev–Trinajstić information content (AvgIpc) is 2.55. The van der Waals surface area contributed by atoms with Crippen LogP contribution < -0.4 is 10.7 Å². The third-order valence-electron chi connectivity index (χ3n) is 2.96. The van der Waals surface area contributed by atoms with Gasteiger partial charge in [0.05, 0.1) is 6.21 Å². The Morgan fingerprint density at radius 2 is 1.67 bits per heavy atom. The van der Waals surface area contributed by atoms with Crippen molar-refractivity contribution in [3.8, 4) is 0 Å². The Labute approximate surface area is 149 Å². The molecule has 7 heteroatoms. The van der Waals surface area contributed by atoms with Crippen LogP contribution in [0.1, 0.15) is 18.4 Å². The molecule has 2 amide bonds. The van der Waals surface area contributed by atoms with Gasteiger partial charge in [-0.25, -0.2) is 5.43 Å². The van der Waals surface area contributed by atoms with Gasteiger partial charge in [-0.1, -0.05) is 41.4 Å². The number of carbonyl (C=O) groups excluding carboxylic acids is 2. The maximum atomic E-state index is 11.8. The molecule has 0 saturated carbocycles. The van der Waals surface area contributed by atoms with Crippen molar-refractivity contribution >= 4 is 46.9 Å². The number of hydrogen-bond donors (Lipinski definition) is 2. The zero-order valence-electron chi connectivity index (χ0n) is 12.6. The molecule has 0 aromatic heterocycles. The van der Waals surface area contributed by atoms with E-state index in [4.69, 9.17) is 23.2 Å². The van der Waals surface area contributed by atoms with Crippen LogP contribution in [0.2, 0.25) is 10.0 Å². The Balaban J connectivity index is 1.72. The first-order valence-corrected chi connectivity index (χ1v) is 7.91. The van der Waals surface area contributed by atoms with Crippen LogP contribution in [0.25, 0.3) is 0 Å². The van der Waals surface area contributed by atoms with Crippen molar-refractivity contribution in [1.82, 2.24) is 5.43 Å². The van der Waals surface area contributed by atoms with Gasteiger partial charge in [0.15, 0.2) is 0 Å². The fourth-order valence-corrected chi connectivity index (χ4v) is 2.12. The lowest BCUT2D eigenvalue weighted by Gasteiger charge is -2.05. The highest BCUT2D eigenvalue weighted by molar-refractivity contribution is 6.31. The van der Waals surface area contributed by atoms with Gasteiger partial charge in [-0.3, -0.25) is 9.59 Å². The molecular formula is C17H15Cl2N3O2. The second-order valence-electron chi connectivity index (χ2n) is 4.90. The highest BCUT2D eigenvalue weighted by Gasteiger charge is 2.07. The molecule has 124 valence electrons. The Bertz CT molecular complexity index is 746. The molecule has 2 aromatic carbocycles. The molecule has 0 heterocycles. The van der Waals surface area contributed by atoms with Crippen molar-refractivity contribution in [1.29, 1.82) is 0 Å². The van der Waals surface area contributed by atoms with Gasteiger partial charge in [-0.2, -0.15) is 5.10 Å². The zero-order valence-corrected chi connectivity index (χ0v) is 14.1. The lowest BCUT2D eigenvalue weighted by Crippen LogP contribution is -2.20. The summed E-state index contributed by atoms with van der Waals surface area (Å²) in [5.74, 6) is -0.615. The number of halogens is 2.